The molecule has 0 aliphatic carbocycles. The molecule has 5 nitrogen and oxygen atoms in total. The maximum atomic E-state index is 12.7. The minimum Gasteiger partial charge on any atom is -0.287 e. The van der Waals surface area contributed by atoms with Gasteiger partial charge >= 0.3 is 0 Å². The van der Waals surface area contributed by atoms with Crippen LogP contribution >= 0.6 is 0 Å². The van der Waals surface area contributed by atoms with Crippen LogP contribution in [0.2, 0.25) is 0 Å². The van der Waals surface area contributed by atoms with E-state index in [9.17, 15) is 9.18 Å². The number of nitrogens with one attached hydrogen (secondary N) is 2. The first-order valence-electron chi connectivity index (χ1n) is 6.88. The highest BCUT2D eigenvalue weighted by atomic mass is 19.1. The summed E-state index contributed by atoms with van der Waals surface area (Å²) in [6, 6.07) is 3.09. The monoisotopic (exact) mass is 280 g/mol. The van der Waals surface area contributed by atoms with Crippen LogP contribution in [0.4, 0.5) is 10.2 Å². The average Bonchev–Trinajstić information content (AvgIpc) is 2.81. The number of pyridine rings is 1. The number of hydrogen-bond donors (Lipinski definition) is 2. The van der Waals surface area contributed by atoms with Crippen molar-refractivity contribution in [3.05, 3.63) is 24.1 Å². The number of amides is 1. The van der Waals surface area contributed by atoms with Gasteiger partial charge in [-0.15, -0.1) is 0 Å². The van der Waals surface area contributed by atoms with Gasteiger partial charge in [-0.1, -0.05) is 0 Å². The number of likely N-dealkylation sites (tertiary alicyclic amines) is 1. The van der Waals surface area contributed by atoms with Gasteiger partial charge in [-0.25, -0.2) is 9.37 Å². The van der Waals surface area contributed by atoms with Crippen molar-refractivity contribution in [1.82, 2.24) is 15.3 Å². The second-order valence-corrected chi connectivity index (χ2v) is 5.61. The van der Waals surface area contributed by atoms with Gasteiger partial charge in [0.25, 0.3) is 5.91 Å². The number of anilines is 1. The van der Waals surface area contributed by atoms with Crippen LogP contribution in [0.15, 0.2) is 18.3 Å². The topological polar surface area (TPSA) is 57.3 Å². The maximum Gasteiger partial charge on any atom is 0.258 e. The van der Waals surface area contributed by atoms with Crippen molar-refractivity contribution in [3.63, 3.8) is 0 Å². The number of hydrogen-bond acceptors (Lipinski definition) is 4. The van der Waals surface area contributed by atoms with E-state index < -0.39 is 11.4 Å². The molecule has 1 aliphatic rings. The summed E-state index contributed by atoms with van der Waals surface area (Å²) in [5.41, 5.74) is 4.89. The molecule has 1 atom stereocenters. The molecule has 1 aliphatic heterocycles. The average molecular weight is 280 g/mol. The van der Waals surface area contributed by atoms with E-state index in [0.29, 0.717) is 11.9 Å². The molecule has 1 aromatic rings. The van der Waals surface area contributed by atoms with Crippen molar-refractivity contribution in [2.75, 3.05) is 12.0 Å². The molecule has 0 spiro atoms. The molecule has 2 rings (SSSR count). The standard InChI is InChI=1S/C14H21FN4O/c1-10(2)19-8-4-7-14(19,3)13(20)18-17-12-6-5-11(15)9-16-12/h5-6,9-10H,4,7-8H2,1-3H3,(H,16,17)(H,18,20)/t14-/m0/s1. The van der Waals surface area contributed by atoms with Gasteiger partial charge in [-0.2, -0.15) is 0 Å². The molecule has 0 unspecified atom stereocenters. The highest BCUT2D eigenvalue weighted by Crippen LogP contribution is 2.30. The van der Waals surface area contributed by atoms with E-state index >= 15 is 0 Å². The Hall–Kier alpha value is -1.69. The number of nitrogens with zero attached hydrogens (tertiary/aromatic N) is 2. The fourth-order valence-electron chi connectivity index (χ4n) is 2.76. The Morgan fingerprint density at radius 1 is 1.50 bits per heavy atom. The van der Waals surface area contributed by atoms with Gasteiger partial charge in [0.2, 0.25) is 0 Å². The van der Waals surface area contributed by atoms with Crippen LogP contribution in [0.5, 0.6) is 0 Å². The zero-order chi connectivity index (χ0) is 14.8. The Balaban J connectivity index is 1.99. The Bertz CT molecular complexity index is 477. The fraction of sp³-hybridized carbons (Fsp3) is 0.571. The number of halogens is 1. The van der Waals surface area contributed by atoms with Crippen molar-refractivity contribution >= 4 is 11.7 Å². The molecule has 0 saturated carbocycles. The van der Waals surface area contributed by atoms with Crippen LogP contribution in [0.25, 0.3) is 0 Å². The van der Waals surface area contributed by atoms with E-state index in [0.717, 1.165) is 25.6 Å². The van der Waals surface area contributed by atoms with E-state index in [1.54, 1.807) is 0 Å². The molecule has 1 amide bonds. The molecule has 1 fully saturated rings. The molecular weight excluding hydrogens is 259 g/mol. The van der Waals surface area contributed by atoms with Crippen molar-refractivity contribution in [3.8, 4) is 0 Å². The third-order valence-corrected chi connectivity index (χ3v) is 3.84. The van der Waals surface area contributed by atoms with Crippen LogP contribution in [-0.4, -0.2) is 33.9 Å². The molecule has 0 aromatic carbocycles. The Kier molecular flexibility index (Phi) is 4.23. The molecule has 110 valence electrons. The third-order valence-electron chi connectivity index (χ3n) is 3.84. The molecule has 6 heteroatoms. The second-order valence-electron chi connectivity index (χ2n) is 5.61. The Morgan fingerprint density at radius 3 is 2.85 bits per heavy atom. The van der Waals surface area contributed by atoms with E-state index in [2.05, 4.69) is 34.6 Å². The third kappa shape index (κ3) is 2.90. The number of hydrazine groups is 1. The van der Waals surface area contributed by atoms with Crippen molar-refractivity contribution in [2.24, 2.45) is 0 Å². The lowest BCUT2D eigenvalue weighted by Crippen LogP contribution is -2.56. The smallest absolute Gasteiger partial charge is 0.258 e. The van der Waals surface area contributed by atoms with Gasteiger partial charge in [0.1, 0.15) is 11.6 Å². The Morgan fingerprint density at radius 2 is 2.25 bits per heavy atom. The highest BCUT2D eigenvalue weighted by Gasteiger charge is 2.44. The van der Waals surface area contributed by atoms with Gasteiger partial charge in [-0.3, -0.25) is 20.5 Å². The number of carbonyl (C=O) groups excluding carboxylic acids is 1. The highest BCUT2D eigenvalue weighted by molar-refractivity contribution is 5.87. The second kappa shape index (κ2) is 5.75. The lowest BCUT2D eigenvalue weighted by atomic mass is 9.97. The number of rotatable bonds is 4. The largest absolute Gasteiger partial charge is 0.287 e. The van der Waals surface area contributed by atoms with Crippen LogP contribution in [0.3, 0.4) is 0 Å². The number of aromatic nitrogens is 1. The quantitative estimate of drug-likeness (QED) is 0.827. The lowest BCUT2D eigenvalue weighted by molar-refractivity contribution is -0.131. The summed E-state index contributed by atoms with van der Waals surface area (Å²) in [6.45, 7) is 7.06. The summed E-state index contributed by atoms with van der Waals surface area (Å²) in [4.78, 5) is 18.4. The van der Waals surface area contributed by atoms with Crippen LogP contribution in [-0.2, 0) is 4.79 Å². The van der Waals surface area contributed by atoms with Crippen molar-refractivity contribution in [1.29, 1.82) is 0 Å². The molecule has 0 radical (unpaired) electrons. The molecule has 2 N–H and O–H groups in total. The van der Waals surface area contributed by atoms with Gasteiger partial charge in [0.05, 0.1) is 11.7 Å². The van der Waals surface area contributed by atoms with E-state index in [4.69, 9.17) is 0 Å². The minimum absolute atomic E-state index is 0.0881. The van der Waals surface area contributed by atoms with E-state index in [1.807, 2.05) is 6.92 Å². The maximum absolute atomic E-state index is 12.7. The zero-order valence-electron chi connectivity index (χ0n) is 12.1. The predicted molar refractivity (Wildman–Crippen MR) is 75.4 cm³/mol. The molecule has 0 bridgehead atoms. The first kappa shape index (κ1) is 14.7. The normalized spacial score (nSPS) is 23.1. The predicted octanol–water partition coefficient (Wildman–Crippen LogP) is 1.93. The van der Waals surface area contributed by atoms with Crippen molar-refractivity contribution < 1.29 is 9.18 Å². The Labute approximate surface area is 118 Å². The van der Waals surface area contributed by atoms with Crippen LogP contribution in [0.1, 0.15) is 33.6 Å². The van der Waals surface area contributed by atoms with Crippen LogP contribution in [0, 0.1) is 5.82 Å². The van der Waals surface area contributed by atoms with Gasteiger partial charge in [0, 0.05) is 6.04 Å². The van der Waals surface area contributed by atoms with E-state index in [1.165, 1.54) is 12.1 Å². The molecular formula is C14H21FN4O. The first-order chi connectivity index (χ1) is 9.43. The summed E-state index contributed by atoms with van der Waals surface area (Å²) < 4.78 is 12.7. The fourth-order valence-corrected chi connectivity index (χ4v) is 2.76. The van der Waals surface area contributed by atoms with Gasteiger partial charge in [0.15, 0.2) is 0 Å². The molecule has 1 aromatic heterocycles. The summed E-state index contributed by atoms with van der Waals surface area (Å²) >= 11 is 0. The van der Waals surface area contributed by atoms with Gasteiger partial charge in [-0.05, 0) is 52.3 Å². The lowest BCUT2D eigenvalue weighted by Gasteiger charge is -2.36. The summed E-state index contributed by atoms with van der Waals surface area (Å²) in [5.74, 6) is -0.0807. The molecule has 20 heavy (non-hydrogen) atoms. The number of carbonyl (C=O) groups is 1. The molecule has 1 saturated heterocycles. The first-order valence-corrected chi connectivity index (χ1v) is 6.88. The van der Waals surface area contributed by atoms with Crippen molar-refractivity contribution in [2.45, 2.75) is 45.2 Å². The summed E-state index contributed by atoms with van der Waals surface area (Å²) in [5, 5.41) is 0. The SMILES string of the molecule is CC(C)N1CCC[C@@]1(C)C(=O)NNc1ccc(F)cn1. The summed E-state index contributed by atoms with van der Waals surface area (Å²) in [6.07, 6.45) is 2.94. The minimum atomic E-state index is -0.513. The zero-order valence-corrected chi connectivity index (χ0v) is 12.1. The molecule has 2 heterocycles. The summed E-state index contributed by atoms with van der Waals surface area (Å²) in [7, 11) is 0. The van der Waals surface area contributed by atoms with Gasteiger partial charge < -0.3 is 0 Å². The van der Waals surface area contributed by atoms with E-state index in [-0.39, 0.29) is 5.91 Å². The van der Waals surface area contributed by atoms with Crippen LogP contribution < -0.4 is 10.9 Å².